The van der Waals surface area contributed by atoms with E-state index in [4.69, 9.17) is 30.5 Å². The molecule has 49 heavy (non-hydrogen) atoms. The second-order valence-electron chi connectivity index (χ2n) is 10.4. The van der Waals surface area contributed by atoms with Crippen LogP contribution in [0.3, 0.4) is 0 Å². The van der Waals surface area contributed by atoms with Gasteiger partial charge in [0.1, 0.15) is 17.2 Å². The minimum absolute atomic E-state index is 0. The molecule has 0 spiro atoms. The molecule has 0 fully saturated rings. The number of ether oxygens (including phenoxy) is 3. The Hall–Kier alpha value is -3.38. The number of nitrogens with zero attached hydrogens (tertiary/aromatic N) is 5. The fourth-order valence-electron chi connectivity index (χ4n) is 3.90. The fraction of sp³-hybridized carbons (Fsp3) is 0.167. The molecule has 4 rings (SSSR count). The van der Waals surface area contributed by atoms with Crippen molar-refractivity contribution in [1.82, 2.24) is 14.7 Å². The van der Waals surface area contributed by atoms with Crippen LogP contribution in [0.4, 0.5) is 0 Å². The standard InChI is InChI=1S/C36H39N5O4PS.2W/c1-39(2)24-22-29-8-20-36(21-9-29)45-46(47)41(4)38-27-32-12-18-34(19-13-32)43-25-23-30-6-16-35(17-7-30)44-28-40(3)37-26-31-10-14-33(42-5)15-11-31;;/h6-21,23,25-27H,1-2,22,24,28H2,3-5H3;;/q-1;;/b25-23?,37-26+,38-27+;;. The Bertz CT molecular complexity index is 1640. The number of rotatable bonds is 17. The average Bonchev–Trinajstić information content (AvgIpc) is 3.09. The summed E-state index contributed by atoms with van der Waals surface area (Å²) in [5.74, 6) is 2.98. The fourth-order valence-corrected chi connectivity index (χ4v) is 4.84. The van der Waals surface area contributed by atoms with E-state index in [1.54, 1.807) is 47.5 Å². The predicted molar refractivity (Wildman–Crippen MR) is 194 cm³/mol. The first kappa shape index (κ1) is 41.8. The zero-order valence-corrected chi connectivity index (χ0v) is 35.2. The van der Waals surface area contributed by atoms with Crippen molar-refractivity contribution in [3.8, 4) is 23.0 Å². The zero-order chi connectivity index (χ0) is 33.4. The monoisotopic (exact) mass is 1040 g/mol. The molecule has 9 nitrogen and oxygen atoms in total. The molecule has 0 aliphatic carbocycles. The first-order valence-electron chi connectivity index (χ1n) is 14.7. The maximum atomic E-state index is 5.91. The van der Waals surface area contributed by atoms with Crippen LogP contribution in [0.25, 0.3) is 6.08 Å². The van der Waals surface area contributed by atoms with Crippen LogP contribution in [-0.4, -0.2) is 61.6 Å². The van der Waals surface area contributed by atoms with Gasteiger partial charge in [0.05, 0.1) is 32.8 Å². The summed E-state index contributed by atoms with van der Waals surface area (Å²) >= 11 is 5.53. The largest absolute Gasteiger partial charge is 0.610 e. The van der Waals surface area contributed by atoms with E-state index in [0.29, 0.717) is 18.2 Å². The van der Waals surface area contributed by atoms with Crippen LogP contribution in [0.1, 0.15) is 22.3 Å². The van der Waals surface area contributed by atoms with Gasteiger partial charge in [-0.3, -0.25) is 9.53 Å². The van der Waals surface area contributed by atoms with Gasteiger partial charge in [-0.25, -0.2) is 0 Å². The summed E-state index contributed by atoms with van der Waals surface area (Å²) in [7, 11) is 11.5. The molecule has 4 aromatic rings. The molecule has 4 aromatic carbocycles. The van der Waals surface area contributed by atoms with Crippen molar-refractivity contribution in [3.05, 3.63) is 140 Å². The molecule has 0 saturated carbocycles. The minimum Gasteiger partial charge on any atom is -0.610 e. The quantitative estimate of drug-likeness (QED) is 0.0268. The predicted octanol–water partition coefficient (Wildman–Crippen LogP) is 7.59. The molecule has 1 atom stereocenters. The summed E-state index contributed by atoms with van der Waals surface area (Å²) in [4.78, 5) is 1.67. The molecule has 256 valence electrons. The van der Waals surface area contributed by atoms with Crippen LogP contribution >= 0.6 is 7.07 Å². The smallest absolute Gasteiger partial charge is 0.540 e. The SMILES string of the molecule is [CH2-]N([CH2-])CCc1ccc(O[P+](=S)N(C)/N=C/c2ccc(OC=Cc3ccc(OCN(C)/N=C/c4ccc(OC)cc4)cc3)cc2)cc1.[W].[W]. The average molecular weight is 1040 g/mol. The maximum Gasteiger partial charge on any atom is 0.540 e. The normalized spacial score (nSPS) is 11.3. The second kappa shape index (κ2) is 22.4. The summed E-state index contributed by atoms with van der Waals surface area (Å²) in [5.41, 5.74) is 4.05. The summed E-state index contributed by atoms with van der Waals surface area (Å²) in [5, 5.41) is 10.6. The third-order valence-electron chi connectivity index (χ3n) is 6.60. The number of hydrazone groups is 2. The minimum atomic E-state index is -1.36. The Balaban J connectivity index is 0.00000417. The van der Waals surface area contributed by atoms with Gasteiger partial charge in [0.15, 0.2) is 12.5 Å². The Morgan fingerprint density at radius 2 is 1.24 bits per heavy atom. The van der Waals surface area contributed by atoms with Crippen LogP contribution in [-0.2, 0) is 60.4 Å². The molecule has 0 amide bonds. The van der Waals surface area contributed by atoms with Gasteiger partial charge in [-0.05, 0) is 108 Å². The van der Waals surface area contributed by atoms with E-state index in [0.717, 1.165) is 41.2 Å². The molecule has 0 aliphatic rings. The molecule has 1 unspecified atom stereocenters. The molecule has 13 heteroatoms. The van der Waals surface area contributed by atoms with Crippen LogP contribution in [0.5, 0.6) is 23.0 Å². The third kappa shape index (κ3) is 15.4. The van der Waals surface area contributed by atoms with Gasteiger partial charge in [0.25, 0.3) is 0 Å². The van der Waals surface area contributed by atoms with Crippen molar-refractivity contribution in [3.63, 3.8) is 0 Å². The first-order chi connectivity index (χ1) is 22.8. The summed E-state index contributed by atoms with van der Waals surface area (Å²) < 4.78 is 24.4. The summed E-state index contributed by atoms with van der Waals surface area (Å²) in [6, 6.07) is 30.9. The summed E-state index contributed by atoms with van der Waals surface area (Å²) in [6.07, 6.45) is 7.92. The maximum absolute atomic E-state index is 5.91. The third-order valence-corrected chi connectivity index (χ3v) is 8.47. The van der Waals surface area contributed by atoms with E-state index in [2.05, 4.69) is 24.3 Å². The molecule has 0 bridgehead atoms. The van der Waals surface area contributed by atoms with Gasteiger partial charge >= 0.3 is 7.07 Å². The Morgan fingerprint density at radius 1 is 0.714 bits per heavy atom. The van der Waals surface area contributed by atoms with E-state index in [1.165, 1.54) is 5.56 Å². The molecule has 0 saturated heterocycles. The van der Waals surface area contributed by atoms with Gasteiger partial charge in [0.2, 0.25) is 11.8 Å². The van der Waals surface area contributed by atoms with E-state index in [9.17, 15) is 0 Å². The Kier molecular flexibility index (Phi) is 19.1. The molecule has 0 N–H and O–H groups in total. The van der Waals surface area contributed by atoms with E-state index >= 15 is 0 Å². The molecule has 0 radical (unpaired) electrons. The van der Waals surface area contributed by atoms with Gasteiger partial charge < -0.3 is 33.2 Å². The Morgan fingerprint density at radius 3 is 1.84 bits per heavy atom. The van der Waals surface area contributed by atoms with Crippen molar-refractivity contribution in [2.75, 3.05) is 34.5 Å². The van der Waals surface area contributed by atoms with Crippen molar-refractivity contribution in [2.24, 2.45) is 10.2 Å². The number of hydrogen-bond acceptors (Lipinski definition) is 9. The van der Waals surface area contributed by atoms with Gasteiger partial charge in [-0.2, -0.15) is 5.10 Å². The number of benzene rings is 4. The molecule has 0 aromatic heterocycles. The van der Waals surface area contributed by atoms with E-state index in [1.807, 2.05) is 110 Å². The van der Waals surface area contributed by atoms with Crippen LogP contribution < -0.4 is 18.7 Å². The van der Waals surface area contributed by atoms with E-state index in [-0.39, 0.29) is 42.1 Å². The van der Waals surface area contributed by atoms with Crippen LogP contribution in [0, 0.1) is 14.1 Å². The second-order valence-corrected chi connectivity index (χ2v) is 12.5. The molecule has 0 aliphatic heterocycles. The van der Waals surface area contributed by atoms with Crippen LogP contribution in [0.2, 0.25) is 0 Å². The van der Waals surface area contributed by atoms with Crippen LogP contribution in [0.15, 0.2) is 114 Å². The molecular formula is C36H39N5O4PSW2-. The Labute approximate surface area is 324 Å². The molecular weight excluding hydrogens is 997 g/mol. The topological polar surface area (TPSA) is 71.4 Å². The van der Waals surface area contributed by atoms with Crippen molar-refractivity contribution < 1.29 is 60.9 Å². The number of methoxy groups -OCH3 is 1. The first-order valence-corrected chi connectivity index (χ1v) is 17.0. The van der Waals surface area contributed by atoms with Gasteiger partial charge in [0, 0.05) is 49.2 Å². The van der Waals surface area contributed by atoms with Crippen molar-refractivity contribution in [2.45, 2.75) is 6.42 Å². The summed E-state index contributed by atoms with van der Waals surface area (Å²) in [6.45, 7) is 1.09. The van der Waals surface area contributed by atoms with Gasteiger partial charge in [-0.1, -0.05) is 35.6 Å². The molecule has 0 heterocycles. The van der Waals surface area contributed by atoms with Crippen molar-refractivity contribution >= 4 is 37.4 Å². The van der Waals surface area contributed by atoms with Crippen molar-refractivity contribution in [1.29, 1.82) is 0 Å². The number of hydrogen-bond donors (Lipinski definition) is 0. The van der Waals surface area contributed by atoms with Gasteiger partial charge in [-0.15, -0.1) is 5.10 Å². The zero-order valence-electron chi connectivity index (χ0n) is 27.6. The van der Waals surface area contributed by atoms with E-state index < -0.39 is 7.07 Å².